The summed E-state index contributed by atoms with van der Waals surface area (Å²) in [7, 11) is 0. The van der Waals surface area contributed by atoms with Crippen molar-refractivity contribution in [1.82, 2.24) is 10.2 Å². The molecule has 0 aromatic heterocycles. The minimum absolute atomic E-state index is 0.251. The van der Waals surface area contributed by atoms with Crippen molar-refractivity contribution in [3.05, 3.63) is 35.9 Å². The molecular weight excluding hydrogens is 296 g/mol. The van der Waals surface area contributed by atoms with Crippen molar-refractivity contribution in [2.24, 2.45) is 17.8 Å². The smallest absolute Gasteiger partial charge is 0.220 e. The Bertz CT molecular complexity index is 526. The van der Waals surface area contributed by atoms with Gasteiger partial charge in [-0.25, -0.2) is 0 Å². The Morgan fingerprint density at radius 2 is 1.92 bits per heavy atom. The minimum atomic E-state index is 0.251. The molecule has 2 aliphatic rings. The zero-order chi connectivity index (χ0) is 16.9. The third-order valence-corrected chi connectivity index (χ3v) is 6.26. The fraction of sp³-hybridized carbons (Fsp3) is 0.667. The van der Waals surface area contributed by atoms with E-state index in [2.05, 4.69) is 54.4 Å². The number of likely N-dealkylation sites (N-methyl/N-ethyl adjacent to an activating group) is 1. The number of carbonyl (C=O) groups excluding carboxylic acids is 1. The van der Waals surface area contributed by atoms with Crippen molar-refractivity contribution in [2.45, 2.75) is 52.0 Å². The van der Waals surface area contributed by atoms with Gasteiger partial charge in [0.2, 0.25) is 5.91 Å². The van der Waals surface area contributed by atoms with Crippen LogP contribution in [0.2, 0.25) is 0 Å². The summed E-state index contributed by atoms with van der Waals surface area (Å²) in [4.78, 5) is 14.9. The van der Waals surface area contributed by atoms with E-state index in [1.807, 2.05) is 0 Å². The first-order valence-electron chi connectivity index (χ1n) is 9.76. The second-order valence-electron chi connectivity index (χ2n) is 7.59. The van der Waals surface area contributed by atoms with Crippen LogP contribution in [0.5, 0.6) is 0 Å². The summed E-state index contributed by atoms with van der Waals surface area (Å²) in [6, 6.07) is 10.8. The van der Waals surface area contributed by atoms with Crippen molar-refractivity contribution in [3.63, 3.8) is 0 Å². The molecule has 2 bridgehead atoms. The zero-order valence-corrected chi connectivity index (χ0v) is 15.2. The molecule has 24 heavy (non-hydrogen) atoms. The Kier molecular flexibility index (Phi) is 5.94. The third kappa shape index (κ3) is 4.00. The van der Waals surface area contributed by atoms with E-state index in [0.29, 0.717) is 12.5 Å². The summed E-state index contributed by atoms with van der Waals surface area (Å²) >= 11 is 0. The van der Waals surface area contributed by atoms with Gasteiger partial charge in [0.1, 0.15) is 0 Å². The van der Waals surface area contributed by atoms with E-state index in [1.54, 1.807) is 0 Å². The summed E-state index contributed by atoms with van der Waals surface area (Å²) in [6.45, 7) is 7.09. The van der Waals surface area contributed by atoms with E-state index >= 15 is 0 Å². The number of rotatable bonds is 8. The Labute approximate surface area is 146 Å². The highest BCUT2D eigenvalue weighted by Crippen LogP contribution is 2.49. The van der Waals surface area contributed by atoms with Crippen molar-refractivity contribution in [1.29, 1.82) is 0 Å². The van der Waals surface area contributed by atoms with Crippen LogP contribution in [-0.2, 0) is 4.79 Å². The van der Waals surface area contributed by atoms with Crippen LogP contribution < -0.4 is 5.32 Å². The summed E-state index contributed by atoms with van der Waals surface area (Å²) in [5, 5.41) is 3.24. The number of amides is 1. The average Bonchev–Trinajstić information content (AvgIpc) is 3.22. The van der Waals surface area contributed by atoms with Crippen molar-refractivity contribution in [2.75, 3.05) is 19.6 Å². The van der Waals surface area contributed by atoms with Crippen LogP contribution in [0.4, 0.5) is 0 Å². The first kappa shape index (κ1) is 17.5. The van der Waals surface area contributed by atoms with Gasteiger partial charge in [-0.3, -0.25) is 9.69 Å². The maximum Gasteiger partial charge on any atom is 0.220 e. The Morgan fingerprint density at radius 1 is 1.17 bits per heavy atom. The first-order chi connectivity index (χ1) is 11.7. The third-order valence-electron chi connectivity index (χ3n) is 6.26. The molecule has 3 nitrogen and oxygen atoms in total. The number of carbonyl (C=O) groups is 1. The lowest BCUT2D eigenvalue weighted by atomic mass is 9.86. The Morgan fingerprint density at radius 3 is 2.50 bits per heavy atom. The molecule has 2 aliphatic carbocycles. The fourth-order valence-corrected chi connectivity index (χ4v) is 4.94. The van der Waals surface area contributed by atoms with Gasteiger partial charge in [0.25, 0.3) is 0 Å². The molecule has 132 valence electrons. The van der Waals surface area contributed by atoms with Crippen LogP contribution in [-0.4, -0.2) is 30.4 Å². The van der Waals surface area contributed by atoms with Crippen molar-refractivity contribution < 1.29 is 4.79 Å². The van der Waals surface area contributed by atoms with Gasteiger partial charge < -0.3 is 5.32 Å². The molecule has 0 aliphatic heterocycles. The van der Waals surface area contributed by atoms with Crippen LogP contribution in [0, 0.1) is 17.8 Å². The van der Waals surface area contributed by atoms with E-state index in [0.717, 1.165) is 31.3 Å². The lowest BCUT2D eigenvalue weighted by Gasteiger charge is -2.30. The molecule has 0 radical (unpaired) electrons. The second kappa shape index (κ2) is 8.15. The van der Waals surface area contributed by atoms with Gasteiger partial charge in [-0.1, -0.05) is 50.6 Å². The van der Waals surface area contributed by atoms with Crippen LogP contribution >= 0.6 is 0 Å². The minimum Gasteiger partial charge on any atom is -0.354 e. The van der Waals surface area contributed by atoms with Gasteiger partial charge >= 0.3 is 0 Å². The van der Waals surface area contributed by atoms with Crippen LogP contribution in [0.25, 0.3) is 0 Å². The van der Waals surface area contributed by atoms with E-state index in [1.165, 1.54) is 31.2 Å². The largest absolute Gasteiger partial charge is 0.354 e. The quantitative estimate of drug-likeness (QED) is 0.782. The summed E-state index contributed by atoms with van der Waals surface area (Å²) in [5.41, 5.74) is 1.29. The predicted octanol–water partition coefficient (Wildman–Crippen LogP) is 4.01. The number of benzene rings is 1. The monoisotopic (exact) mass is 328 g/mol. The maximum atomic E-state index is 12.5. The molecule has 3 heteroatoms. The van der Waals surface area contributed by atoms with E-state index < -0.39 is 0 Å². The summed E-state index contributed by atoms with van der Waals surface area (Å²) in [5.74, 6) is 2.64. The highest BCUT2D eigenvalue weighted by Gasteiger charge is 2.40. The molecule has 2 saturated carbocycles. The highest BCUT2D eigenvalue weighted by atomic mass is 16.1. The van der Waals surface area contributed by atoms with Gasteiger partial charge in [-0.2, -0.15) is 0 Å². The van der Waals surface area contributed by atoms with Gasteiger partial charge in [0.15, 0.2) is 0 Å². The molecule has 3 rings (SSSR count). The van der Waals surface area contributed by atoms with Gasteiger partial charge in [0, 0.05) is 13.0 Å². The number of nitrogens with one attached hydrogen (secondary N) is 1. The molecule has 0 heterocycles. The molecule has 0 saturated heterocycles. The predicted molar refractivity (Wildman–Crippen MR) is 98.7 cm³/mol. The van der Waals surface area contributed by atoms with Crippen molar-refractivity contribution >= 4 is 5.91 Å². The number of hydrogen-bond acceptors (Lipinski definition) is 2. The standard InChI is InChI=1S/C21H32N2O/c1-3-23(4-2)20(17-8-6-5-7-9-17)15-22-21(24)14-19-13-16-10-11-18(19)12-16/h5-9,16,18-20H,3-4,10-15H2,1-2H3,(H,22,24). The SMILES string of the molecule is CCN(CC)C(CNC(=O)CC1CC2CCC1C2)c1ccccc1. The van der Waals surface area contributed by atoms with E-state index in [-0.39, 0.29) is 11.9 Å². The number of hydrogen-bond donors (Lipinski definition) is 1. The van der Waals surface area contributed by atoms with Crippen molar-refractivity contribution in [3.8, 4) is 0 Å². The first-order valence-corrected chi connectivity index (χ1v) is 9.76. The average molecular weight is 328 g/mol. The molecule has 1 N–H and O–H groups in total. The van der Waals surface area contributed by atoms with Crippen LogP contribution in [0.15, 0.2) is 30.3 Å². The van der Waals surface area contributed by atoms with E-state index in [9.17, 15) is 4.79 Å². The lowest BCUT2D eigenvalue weighted by molar-refractivity contribution is -0.122. The summed E-state index contributed by atoms with van der Waals surface area (Å²) in [6.07, 6.45) is 6.16. The van der Waals surface area contributed by atoms with Gasteiger partial charge in [-0.15, -0.1) is 0 Å². The zero-order valence-electron chi connectivity index (χ0n) is 15.2. The molecule has 4 unspecified atom stereocenters. The lowest BCUT2D eigenvalue weighted by Crippen LogP contribution is -2.38. The van der Waals surface area contributed by atoms with Crippen LogP contribution in [0.1, 0.15) is 57.6 Å². The molecule has 1 amide bonds. The van der Waals surface area contributed by atoms with Gasteiger partial charge in [-0.05, 0) is 55.7 Å². The topological polar surface area (TPSA) is 32.3 Å². The number of fused-ring (bicyclic) bond motifs is 2. The van der Waals surface area contributed by atoms with Gasteiger partial charge in [0.05, 0.1) is 6.04 Å². The molecule has 0 spiro atoms. The normalized spacial score (nSPS) is 26.7. The van der Waals surface area contributed by atoms with E-state index in [4.69, 9.17) is 0 Å². The maximum absolute atomic E-state index is 12.5. The highest BCUT2D eigenvalue weighted by molar-refractivity contribution is 5.76. The summed E-state index contributed by atoms with van der Waals surface area (Å²) < 4.78 is 0. The molecule has 1 aromatic carbocycles. The fourth-order valence-electron chi connectivity index (χ4n) is 4.94. The molecule has 4 atom stereocenters. The second-order valence-corrected chi connectivity index (χ2v) is 7.59. The Balaban J connectivity index is 1.55. The Hall–Kier alpha value is -1.35. The molecule has 1 aromatic rings. The number of nitrogens with zero attached hydrogens (tertiary/aromatic N) is 1. The molecule has 2 fully saturated rings. The van der Waals surface area contributed by atoms with Crippen LogP contribution in [0.3, 0.4) is 0 Å². The molecular formula is C21H32N2O.